The van der Waals surface area contributed by atoms with Crippen molar-refractivity contribution in [3.8, 4) is 0 Å². The minimum absolute atomic E-state index is 0.0114. The zero-order chi connectivity index (χ0) is 14.3. The first-order valence-corrected chi connectivity index (χ1v) is 7.01. The summed E-state index contributed by atoms with van der Waals surface area (Å²) in [6, 6.07) is 4.06. The molecule has 4 unspecified atom stereocenters. The number of carbonyl (C=O) groups is 1. The fourth-order valence-corrected chi connectivity index (χ4v) is 3.23. The number of hydrogen-bond donors (Lipinski definition) is 2. The summed E-state index contributed by atoms with van der Waals surface area (Å²) in [5, 5.41) is 2.88. The van der Waals surface area contributed by atoms with Crippen LogP contribution in [0.3, 0.4) is 0 Å². The Balaban J connectivity index is 1.70. The summed E-state index contributed by atoms with van der Waals surface area (Å²) in [6.45, 7) is 2.48. The Kier molecular flexibility index (Phi) is 3.48. The van der Waals surface area contributed by atoms with Crippen LogP contribution in [0.4, 0.5) is 4.39 Å². The number of amides is 1. The first kappa shape index (κ1) is 13.5. The predicted molar refractivity (Wildman–Crippen MR) is 72.8 cm³/mol. The third-order valence-electron chi connectivity index (χ3n) is 4.28. The molecule has 1 saturated heterocycles. The van der Waals surface area contributed by atoms with Gasteiger partial charge in [-0.1, -0.05) is 0 Å². The summed E-state index contributed by atoms with van der Waals surface area (Å²) in [5.74, 6) is -0.358. The molecule has 0 radical (unpaired) electrons. The van der Waals surface area contributed by atoms with E-state index in [2.05, 4.69) is 5.32 Å². The van der Waals surface area contributed by atoms with E-state index >= 15 is 0 Å². The zero-order valence-electron chi connectivity index (χ0n) is 11.4. The van der Waals surface area contributed by atoms with Crippen LogP contribution in [-0.2, 0) is 4.74 Å². The highest BCUT2D eigenvalue weighted by molar-refractivity contribution is 5.94. The molecule has 0 spiro atoms. The first-order valence-electron chi connectivity index (χ1n) is 7.01. The second-order valence-electron chi connectivity index (χ2n) is 5.74. The first-order chi connectivity index (χ1) is 9.56. The average molecular weight is 278 g/mol. The van der Waals surface area contributed by atoms with Crippen molar-refractivity contribution >= 4 is 5.91 Å². The third kappa shape index (κ3) is 2.31. The van der Waals surface area contributed by atoms with E-state index in [-0.39, 0.29) is 24.1 Å². The van der Waals surface area contributed by atoms with Crippen LogP contribution in [0.5, 0.6) is 0 Å². The second-order valence-corrected chi connectivity index (χ2v) is 5.74. The molecule has 4 nitrogen and oxygen atoms in total. The summed E-state index contributed by atoms with van der Waals surface area (Å²) in [4.78, 5) is 12.2. The lowest BCUT2D eigenvalue weighted by molar-refractivity contribution is -0.117. The van der Waals surface area contributed by atoms with E-state index in [0.717, 1.165) is 25.0 Å². The molecule has 20 heavy (non-hydrogen) atoms. The molecule has 1 aliphatic heterocycles. The summed E-state index contributed by atoms with van der Waals surface area (Å²) >= 11 is 0. The van der Waals surface area contributed by atoms with E-state index in [1.165, 1.54) is 12.1 Å². The summed E-state index contributed by atoms with van der Waals surface area (Å²) in [5.41, 5.74) is 7.14. The van der Waals surface area contributed by atoms with Crippen molar-refractivity contribution in [2.45, 2.75) is 38.0 Å². The van der Waals surface area contributed by atoms with Gasteiger partial charge < -0.3 is 15.8 Å². The molecule has 1 aliphatic carbocycles. The molecule has 1 heterocycles. The van der Waals surface area contributed by atoms with Gasteiger partial charge in [0.1, 0.15) is 5.82 Å². The van der Waals surface area contributed by atoms with Gasteiger partial charge in [-0.15, -0.1) is 0 Å². The molecule has 0 aromatic heterocycles. The molecule has 108 valence electrons. The van der Waals surface area contributed by atoms with E-state index in [4.69, 9.17) is 10.5 Å². The van der Waals surface area contributed by atoms with Crippen LogP contribution in [0, 0.1) is 18.7 Å². The number of fused-ring (bicyclic) bond motifs is 1. The normalized spacial score (nSPS) is 32.1. The number of ether oxygens (including phenoxy) is 1. The van der Waals surface area contributed by atoms with Crippen molar-refractivity contribution in [3.05, 3.63) is 35.1 Å². The lowest BCUT2D eigenvalue weighted by atomic mass is 9.68. The lowest BCUT2D eigenvalue weighted by Gasteiger charge is -2.52. The molecule has 1 saturated carbocycles. The highest BCUT2D eigenvalue weighted by Crippen LogP contribution is 2.37. The lowest BCUT2D eigenvalue weighted by Crippen LogP contribution is -2.72. The largest absolute Gasteiger partial charge is 0.376 e. The van der Waals surface area contributed by atoms with E-state index in [9.17, 15) is 9.18 Å². The van der Waals surface area contributed by atoms with Crippen molar-refractivity contribution in [2.75, 3.05) is 6.61 Å². The standard InChI is InChI=1S/C15H19FN2O2/c1-8-5-9(7-10(16)6-8)15(19)18-13-12(17)11-3-2-4-20-14(11)13/h5-7,11-14H,2-4,17H2,1H3,(H,18,19). The van der Waals surface area contributed by atoms with E-state index in [1.807, 2.05) is 0 Å². The van der Waals surface area contributed by atoms with Crippen molar-refractivity contribution in [2.24, 2.45) is 11.7 Å². The SMILES string of the molecule is Cc1cc(F)cc(C(=O)NC2C(N)C3CCCOC32)c1. The number of aryl methyl sites for hydroxylation is 1. The molecule has 3 rings (SSSR count). The fraction of sp³-hybridized carbons (Fsp3) is 0.533. The number of nitrogens with two attached hydrogens (primary N) is 1. The van der Waals surface area contributed by atoms with Crippen LogP contribution in [0.1, 0.15) is 28.8 Å². The number of carbonyl (C=O) groups excluding carboxylic acids is 1. The second kappa shape index (κ2) is 5.14. The van der Waals surface area contributed by atoms with Gasteiger partial charge in [0.25, 0.3) is 5.91 Å². The summed E-state index contributed by atoms with van der Waals surface area (Å²) in [6.07, 6.45) is 2.09. The van der Waals surface area contributed by atoms with Crippen molar-refractivity contribution in [3.63, 3.8) is 0 Å². The van der Waals surface area contributed by atoms with Crippen LogP contribution in [0.2, 0.25) is 0 Å². The van der Waals surface area contributed by atoms with Gasteiger partial charge in [0, 0.05) is 24.1 Å². The van der Waals surface area contributed by atoms with Crippen LogP contribution in [-0.4, -0.2) is 30.7 Å². The van der Waals surface area contributed by atoms with Gasteiger partial charge in [-0.25, -0.2) is 4.39 Å². The Morgan fingerprint density at radius 1 is 1.45 bits per heavy atom. The zero-order valence-corrected chi connectivity index (χ0v) is 11.4. The molecule has 2 aliphatic rings. The van der Waals surface area contributed by atoms with E-state index < -0.39 is 5.82 Å². The Bertz CT molecular complexity index is 514. The van der Waals surface area contributed by atoms with Gasteiger partial charge in [-0.3, -0.25) is 4.79 Å². The van der Waals surface area contributed by atoms with E-state index in [0.29, 0.717) is 11.5 Å². The summed E-state index contributed by atoms with van der Waals surface area (Å²) in [7, 11) is 0. The van der Waals surface area contributed by atoms with Crippen molar-refractivity contribution in [1.82, 2.24) is 5.32 Å². The molecule has 2 fully saturated rings. The van der Waals surface area contributed by atoms with Crippen LogP contribution in [0.15, 0.2) is 18.2 Å². The number of benzene rings is 1. The third-order valence-corrected chi connectivity index (χ3v) is 4.28. The number of hydrogen-bond acceptors (Lipinski definition) is 3. The molecular weight excluding hydrogens is 259 g/mol. The molecule has 0 bridgehead atoms. The number of rotatable bonds is 2. The molecule has 4 atom stereocenters. The molecule has 1 amide bonds. The maximum atomic E-state index is 13.3. The monoisotopic (exact) mass is 278 g/mol. The van der Waals surface area contributed by atoms with Crippen LogP contribution in [0.25, 0.3) is 0 Å². The van der Waals surface area contributed by atoms with Gasteiger partial charge in [0.15, 0.2) is 0 Å². The highest BCUT2D eigenvalue weighted by Gasteiger charge is 2.51. The quantitative estimate of drug-likeness (QED) is 0.858. The Labute approximate surface area is 117 Å². The van der Waals surface area contributed by atoms with Gasteiger partial charge in [-0.2, -0.15) is 0 Å². The van der Waals surface area contributed by atoms with Gasteiger partial charge in [0.2, 0.25) is 0 Å². The molecule has 3 N–H and O–H groups in total. The van der Waals surface area contributed by atoms with Gasteiger partial charge in [0.05, 0.1) is 12.1 Å². The van der Waals surface area contributed by atoms with Gasteiger partial charge >= 0.3 is 0 Å². The maximum absolute atomic E-state index is 13.3. The predicted octanol–water partition coefficient (Wildman–Crippen LogP) is 1.37. The average Bonchev–Trinajstić information content (AvgIpc) is 2.43. The highest BCUT2D eigenvalue weighted by atomic mass is 19.1. The maximum Gasteiger partial charge on any atom is 0.251 e. The Morgan fingerprint density at radius 3 is 3.00 bits per heavy atom. The molecule has 1 aromatic rings. The van der Waals surface area contributed by atoms with Crippen molar-refractivity contribution in [1.29, 1.82) is 0 Å². The smallest absolute Gasteiger partial charge is 0.251 e. The van der Waals surface area contributed by atoms with Crippen molar-refractivity contribution < 1.29 is 13.9 Å². The summed E-state index contributed by atoms with van der Waals surface area (Å²) < 4.78 is 19.0. The minimum atomic E-state index is -0.403. The number of halogens is 1. The fourth-order valence-electron chi connectivity index (χ4n) is 3.23. The number of nitrogens with one attached hydrogen (secondary N) is 1. The van der Waals surface area contributed by atoms with E-state index in [1.54, 1.807) is 13.0 Å². The molecule has 1 aromatic carbocycles. The minimum Gasteiger partial charge on any atom is -0.376 e. The Morgan fingerprint density at radius 2 is 2.25 bits per heavy atom. The van der Waals surface area contributed by atoms with Gasteiger partial charge in [-0.05, 0) is 43.5 Å². The topological polar surface area (TPSA) is 64.4 Å². The van der Waals surface area contributed by atoms with Crippen LogP contribution < -0.4 is 11.1 Å². The van der Waals surface area contributed by atoms with Crippen LogP contribution >= 0.6 is 0 Å². The molecule has 5 heteroatoms. The molecular formula is C15H19FN2O2. The Hall–Kier alpha value is -1.46.